The van der Waals surface area contributed by atoms with Crippen molar-refractivity contribution in [2.24, 2.45) is 17.3 Å². The molecule has 0 spiro atoms. The van der Waals surface area contributed by atoms with Crippen LogP contribution in [0.4, 0.5) is 0 Å². The van der Waals surface area contributed by atoms with E-state index in [-0.39, 0.29) is 11.2 Å². The zero-order valence-corrected chi connectivity index (χ0v) is 13.0. The van der Waals surface area contributed by atoms with E-state index in [4.69, 9.17) is 0 Å². The maximum atomic E-state index is 11.2. The van der Waals surface area contributed by atoms with Crippen LogP contribution in [0.1, 0.15) is 41.0 Å². The summed E-state index contributed by atoms with van der Waals surface area (Å²) < 4.78 is 22.4. The molecule has 0 fully saturated rings. The molecular weight excluding hydrogens is 234 g/mol. The summed E-state index contributed by atoms with van der Waals surface area (Å²) >= 11 is 0. The van der Waals surface area contributed by atoms with Crippen LogP contribution < -0.4 is 5.32 Å². The second-order valence-electron chi connectivity index (χ2n) is 6.53. The zero-order chi connectivity index (χ0) is 13.7. The summed E-state index contributed by atoms with van der Waals surface area (Å²) in [6.07, 6.45) is 2.06. The highest BCUT2D eigenvalue weighted by Crippen LogP contribution is 2.28. The molecule has 0 aromatic rings. The topological polar surface area (TPSA) is 46.2 Å². The molecule has 1 N–H and O–H groups in total. The van der Waals surface area contributed by atoms with Gasteiger partial charge in [-0.15, -0.1) is 0 Å². The fourth-order valence-corrected chi connectivity index (χ4v) is 2.46. The first-order valence-corrected chi connectivity index (χ1v) is 8.47. The minimum absolute atomic E-state index is 0.147. The molecule has 0 saturated carbocycles. The van der Waals surface area contributed by atoms with Crippen LogP contribution in [-0.4, -0.2) is 33.5 Å². The van der Waals surface area contributed by atoms with Gasteiger partial charge in [0.25, 0.3) is 0 Å². The average Bonchev–Trinajstić information content (AvgIpc) is 2.06. The Bertz CT molecular complexity index is 302. The summed E-state index contributed by atoms with van der Waals surface area (Å²) in [7, 11) is -2.85. The molecule has 3 nitrogen and oxygen atoms in total. The van der Waals surface area contributed by atoms with Crippen molar-refractivity contribution in [3.05, 3.63) is 0 Å². The van der Waals surface area contributed by atoms with Gasteiger partial charge in [-0.05, 0) is 36.8 Å². The highest BCUT2D eigenvalue weighted by Gasteiger charge is 2.25. The van der Waals surface area contributed by atoms with Crippen LogP contribution in [0.15, 0.2) is 0 Å². The Morgan fingerprint density at radius 2 is 1.65 bits per heavy atom. The van der Waals surface area contributed by atoms with Gasteiger partial charge in [-0.2, -0.15) is 0 Å². The van der Waals surface area contributed by atoms with Gasteiger partial charge in [0, 0.05) is 6.26 Å². The number of sulfone groups is 1. The second-order valence-corrected chi connectivity index (χ2v) is 8.79. The predicted molar refractivity (Wildman–Crippen MR) is 75.0 cm³/mol. The van der Waals surface area contributed by atoms with Crippen molar-refractivity contribution in [3.8, 4) is 0 Å². The molecule has 104 valence electrons. The molecule has 4 heteroatoms. The Labute approximate surface area is 107 Å². The van der Waals surface area contributed by atoms with E-state index in [0.29, 0.717) is 11.8 Å². The summed E-state index contributed by atoms with van der Waals surface area (Å²) in [6, 6.07) is 0. The molecule has 1 unspecified atom stereocenters. The van der Waals surface area contributed by atoms with Crippen molar-refractivity contribution in [2.45, 2.75) is 41.0 Å². The Kier molecular flexibility index (Phi) is 6.70. The summed E-state index contributed by atoms with van der Waals surface area (Å²) in [5, 5.41) is 3.43. The minimum Gasteiger partial charge on any atom is -0.316 e. The fourth-order valence-electron chi connectivity index (χ4n) is 1.74. The van der Waals surface area contributed by atoms with Crippen LogP contribution in [0, 0.1) is 17.3 Å². The van der Waals surface area contributed by atoms with Crippen molar-refractivity contribution in [1.29, 1.82) is 0 Å². The fraction of sp³-hybridized carbons (Fsp3) is 1.00. The van der Waals surface area contributed by atoms with Gasteiger partial charge in [-0.1, -0.05) is 34.6 Å². The number of nitrogens with one attached hydrogen (secondary N) is 1. The molecule has 0 aliphatic rings. The Morgan fingerprint density at radius 3 is 2.00 bits per heavy atom. The maximum Gasteiger partial charge on any atom is 0.147 e. The van der Waals surface area contributed by atoms with E-state index in [1.807, 2.05) is 0 Å². The standard InChI is InChI=1S/C13H29NO2S/c1-11(2)9-14-10-12(13(3,4)5)7-8-17(6,15)16/h11-12,14H,7-10H2,1-6H3. The molecule has 0 heterocycles. The minimum atomic E-state index is -2.85. The van der Waals surface area contributed by atoms with Crippen molar-refractivity contribution in [3.63, 3.8) is 0 Å². The maximum absolute atomic E-state index is 11.2. The summed E-state index contributed by atoms with van der Waals surface area (Å²) in [5.41, 5.74) is 0.147. The Morgan fingerprint density at radius 1 is 1.12 bits per heavy atom. The van der Waals surface area contributed by atoms with Gasteiger partial charge in [-0.25, -0.2) is 8.42 Å². The van der Waals surface area contributed by atoms with Gasteiger partial charge in [0.05, 0.1) is 5.75 Å². The lowest BCUT2D eigenvalue weighted by Gasteiger charge is -2.31. The molecular formula is C13H29NO2S. The molecule has 0 aromatic heterocycles. The molecule has 0 radical (unpaired) electrons. The van der Waals surface area contributed by atoms with Crippen LogP contribution in [0.25, 0.3) is 0 Å². The highest BCUT2D eigenvalue weighted by molar-refractivity contribution is 7.90. The zero-order valence-electron chi connectivity index (χ0n) is 12.2. The van der Waals surface area contributed by atoms with Crippen LogP contribution in [0.2, 0.25) is 0 Å². The molecule has 0 aliphatic carbocycles. The molecule has 0 aromatic carbocycles. The number of rotatable bonds is 7. The quantitative estimate of drug-likeness (QED) is 0.767. The monoisotopic (exact) mass is 263 g/mol. The van der Waals surface area contributed by atoms with E-state index in [9.17, 15) is 8.42 Å². The van der Waals surface area contributed by atoms with E-state index < -0.39 is 9.84 Å². The highest BCUT2D eigenvalue weighted by atomic mass is 32.2. The lowest BCUT2D eigenvalue weighted by molar-refractivity contribution is 0.224. The van der Waals surface area contributed by atoms with Crippen molar-refractivity contribution in [2.75, 3.05) is 25.1 Å². The summed E-state index contributed by atoms with van der Waals surface area (Å²) in [5.74, 6) is 1.32. The van der Waals surface area contributed by atoms with Crippen LogP contribution in [0.5, 0.6) is 0 Å². The molecule has 17 heavy (non-hydrogen) atoms. The van der Waals surface area contributed by atoms with Crippen molar-refractivity contribution >= 4 is 9.84 Å². The Balaban J connectivity index is 4.26. The lowest BCUT2D eigenvalue weighted by Crippen LogP contribution is -2.34. The predicted octanol–water partition coefficient (Wildman–Crippen LogP) is 2.33. The molecule has 0 aliphatic heterocycles. The van der Waals surface area contributed by atoms with E-state index in [1.54, 1.807) is 0 Å². The summed E-state index contributed by atoms with van der Waals surface area (Å²) in [4.78, 5) is 0. The van der Waals surface area contributed by atoms with E-state index in [0.717, 1.165) is 19.5 Å². The van der Waals surface area contributed by atoms with Gasteiger partial charge in [0.1, 0.15) is 9.84 Å². The largest absolute Gasteiger partial charge is 0.316 e. The number of hydrogen-bond acceptors (Lipinski definition) is 3. The first kappa shape index (κ1) is 16.9. The SMILES string of the molecule is CC(C)CNCC(CCS(C)(=O)=O)C(C)(C)C. The number of hydrogen-bond donors (Lipinski definition) is 1. The third-order valence-electron chi connectivity index (χ3n) is 3.01. The van der Waals surface area contributed by atoms with Crippen molar-refractivity contribution < 1.29 is 8.42 Å². The van der Waals surface area contributed by atoms with E-state index >= 15 is 0 Å². The Hall–Kier alpha value is -0.0900. The van der Waals surface area contributed by atoms with Gasteiger partial charge in [-0.3, -0.25) is 0 Å². The van der Waals surface area contributed by atoms with E-state index in [2.05, 4.69) is 39.9 Å². The van der Waals surface area contributed by atoms with Crippen LogP contribution in [0.3, 0.4) is 0 Å². The second kappa shape index (κ2) is 6.74. The molecule has 0 rings (SSSR count). The van der Waals surface area contributed by atoms with Crippen LogP contribution in [-0.2, 0) is 9.84 Å². The third-order valence-corrected chi connectivity index (χ3v) is 3.98. The molecule has 0 saturated heterocycles. The van der Waals surface area contributed by atoms with Gasteiger partial charge >= 0.3 is 0 Å². The first-order chi connectivity index (χ1) is 7.52. The van der Waals surface area contributed by atoms with Gasteiger partial charge in [0.15, 0.2) is 0 Å². The van der Waals surface area contributed by atoms with Crippen LogP contribution >= 0.6 is 0 Å². The van der Waals surface area contributed by atoms with E-state index in [1.165, 1.54) is 6.26 Å². The molecule has 0 amide bonds. The first-order valence-electron chi connectivity index (χ1n) is 6.41. The third kappa shape index (κ3) is 9.60. The molecule has 0 bridgehead atoms. The van der Waals surface area contributed by atoms with Gasteiger partial charge < -0.3 is 5.32 Å². The normalized spacial score (nSPS) is 15.2. The van der Waals surface area contributed by atoms with Gasteiger partial charge in [0.2, 0.25) is 0 Å². The lowest BCUT2D eigenvalue weighted by atomic mass is 9.79. The summed E-state index contributed by atoms with van der Waals surface area (Å²) in [6.45, 7) is 12.8. The molecule has 1 atom stereocenters. The average molecular weight is 263 g/mol. The smallest absolute Gasteiger partial charge is 0.147 e. The van der Waals surface area contributed by atoms with Crippen molar-refractivity contribution in [1.82, 2.24) is 5.32 Å².